The molecule has 0 saturated carbocycles. The molecule has 0 aliphatic rings. The highest BCUT2D eigenvalue weighted by molar-refractivity contribution is 6.31. The average molecular weight is 243 g/mol. The van der Waals surface area contributed by atoms with E-state index in [2.05, 4.69) is 0 Å². The van der Waals surface area contributed by atoms with Gasteiger partial charge in [0.25, 0.3) is 0 Å². The van der Waals surface area contributed by atoms with Crippen molar-refractivity contribution in [3.8, 4) is 5.75 Å². The number of hydrogen-bond acceptors (Lipinski definition) is 3. The van der Waals surface area contributed by atoms with Gasteiger partial charge in [0, 0.05) is 12.1 Å². The minimum Gasteiger partial charge on any atom is -0.497 e. The van der Waals surface area contributed by atoms with Crippen molar-refractivity contribution in [1.82, 2.24) is 5.01 Å². The number of amides is 1. The predicted molar refractivity (Wildman–Crippen MR) is 63.4 cm³/mol. The highest BCUT2D eigenvalue weighted by Gasteiger charge is 2.20. The van der Waals surface area contributed by atoms with Crippen LogP contribution in [0.3, 0.4) is 0 Å². The first-order valence-corrected chi connectivity index (χ1v) is 5.21. The molecule has 1 unspecified atom stereocenters. The zero-order chi connectivity index (χ0) is 12.3. The van der Waals surface area contributed by atoms with Crippen LogP contribution in [0.4, 0.5) is 0 Å². The van der Waals surface area contributed by atoms with E-state index in [0.717, 1.165) is 10.6 Å². The van der Waals surface area contributed by atoms with Gasteiger partial charge in [-0.25, -0.2) is 5.84 Å². The van der Waals surface area contributed by atoms with E-state index in [1.54, 1.807) is 32.2 Å². The van der Waals surface area contributed by atoms with E-state index in [4.69, 9.17) is 22.2 Å². The van der Waals surface area contributed by atoms with Crippen molar-refractivity contribution in [2.75, 3.05) is 14.2 Å². The van der Waals surface area contributed by atoms with Crippen LogP contribution in [0.25, 0.3) is 0 Å². The van der Waals surface area contributed by atoms with Crippen LogP contribution in [0.15, 0.2) is 18.2 Å². The molecule has 5 heteroatoms. The SMILES string of the molecule is COc1ccc(C(C)C(=O)N(C)N)c(Cl)c1. The molecule has 2 N–H and O–H groups in total. The molecule has 4 nitrogen and oxygen atoms in total. The number of likely N-dealkylation sites (N-methyl/N-ethyl adjacent to an activating group) is 1. The second-order valence-electron chi connectivity index (χ2n) is 3.56. The number of ether oxygens (including phenoxy) is 1. The predicted octanol–water partition coefficient (Wildman–Crippen LogP) is 1.78. The Morgan fingerprint density at radius 3 is 2.62 bits per heavy atom. The normalized spacial score (nSPS) is 12.1. The molecule has 0 spiro atoms. The van der Waals surface area contributed by atoms with Gasteiger partial charge in [-0.15, -0.1) is 0 Å². The lowest BCUT2D eigenvalue weighted by atomic mass is 10.00. The van der Waals surface area contributed by atoms with Crippen molar-refractivity contribution in [2.24, 2.45) is 5.84 Å². The molecule has 1 aromatic carbocycles. The van der Waals surface area contributed by atoms with Crippen LogP contribution >= 0.6 is 11.6 Å². The summed E-state index contributed by atoms with van der Waals surface area (Å²) in [5.74, 6) is 5.50. The molecule has 0 aromatic heterocycles. The van der Waals surface area contributed by atoms with Crippen molar-refractivity contribution in [1.29, 1.82) is 0 Å². The van der Waals surface area contributed by atoms with Gasteiger partial charge in [-0.2, -0.15) is 0 Å². The Bertz CT molecular complexity index is 394. The van der Waals surface area contributed by atoms with Crippen molar-refractivity contribution >= 4 is 17.5 Å². The van der Waals surface area contributed by atoms with Gasteiger partial charge in [-0.05, 0) is 24.6 Å². The third-order valence-corrected chi connectivity index (χ3v) is 2.72. The number of nitrogens with zero attached hydrogens (tertiary/aromatic N) is 1. The molecular formula is C11H15ClN2O2. The highest BCUT2D eigenvalue weighted by Crippen LogP contribution is 2.28. The minimum atomic E-state index is -0.367. The fraction of sp³-hybridized carbons (Fsp3) is 0.364. The molecule has 0 heterocycles. The quantitative estimate of drug-likeness (QED) is 0.499. The summed E-state index contributed by atoms with van der Waals surface area (Å²) >= 11 is 6.06. The van der Waals surface area contributed by atoms with Crippen molar-refractivity contribution < 1.29 is 9.53 Å². The Kier molecular flexibility index (Phi) is 4.15. The topological polar surface area (TPSA) is 55.6 Å². The maximum atomic E-state index is 11.7. The van der Waals surface area contributed by atoms with E-state index in [1.165, 1.54) is 7.05 Å². The molecule has 0 aliphatic carbocycles. The molecule has 0 fully saturated rings. The second-order valence-corrected chi connectivity index (χ2v) is 3.97. The molecule has 88 valence electrons. The van der Waals surface area contributed by atoms with Gasteiger partial charge in [0.2, 0.25) is 5.91 Å². The summed E-state index contributed by atoms with van der Waals surface area (Å²) in [5.41, 5.74) is 0.741. The number of rotatable bonds is 3. The summed E-state index contributed by atoms with van der Waals surface area (Å²) in [6.07, 6.45) is 0. The van der Waals surface area contributed by atoms with Crippen LogP contribution in [-0.4, -0.2) is 25.1 Å². The largest absolute Gasteiger partial charge is 0.497 e. The number of benzene rings is 1. The van der Waals surface area contributed by atoms with E-state index >= 15 is 0 Å². The van der Waals surface area contributed by atoms with Gasteiger partial charge in [0.15, 0.2) is 0 Å². The van der Waals surface area contributed by atoms with Gasteiger partial charge in [0.05, 0.1) is 13.0 Å². The second kappa shape index (κ2) is 5.18. The molecular weight excluding hydrogens is 228 g/mol. The molecule has 1 atom stereocenters. The van der Waals surface area contributed by atoms with E-state index in [1.807, 2.05) is 0 Å². The van der Waals surface area contributed by atoms with Gasteiger partial charge < -0.3 is 4.74 Å². The number of methoxy groups -OCH3 is 1. The number of halogens is 1. The third-order valence-electron chi connectivity index (χ3n) is 2.39. The van der Waals surface area contributed by atoms with Gasteiger partial charge in [-0.1, -0.05) is 17.7 Å². The van der Waals surface area contributed by atoms with Crippen molar-refractivity contribution in [3.63, 3.8) is 0 Å². The van der Waals surface area contributed by atoms with Crippen LogP contribution in [-0.2, 0) is 4.79 Å². The average Bonchev–Trinajstić information content (AvgIpc) is 2.26. The Balaban J connectivity index is 3.00. The summed E-state index contributed by atoms with van der Waals surface area (Å²) in [7, 11) is 3.07. The van der Waals surface area contributed by atoms with Crippen LogP contribution in [0.2, 0.25) is 5.02 Å². The maximum absolute atomic E-state index is 11.7. The molecule has 1 rings (SSSR count). The Labute approximate surface area is 99.9 Å². The highest BCUT2D eigenvalue weighted by atomic mass is 35.5. The fourth-order valence-corrected chi connectivity index (χ4v) is 1.76. The first-order chi connectivity index (χ1) is 7.47. The van der Waals surface area contributed by atoms with Crippen molar-refractivity contribution in [3.05, 3.63) is 28.8 Å². The Morgan fingerprint density at radius 1 is 1.56 bits per heavy atom. The molecule has 1 amide bonds. The maximum Gasteiger partial charge on any atom is 0.243 e. The summed E-state index contributed by atoms with van der Waals surface area (Å²) in [6.45, 7) is 1.76. The van der Waals surface area contributed by atoms with Gasteiger partial charge >= 0.3 is 0 Å². The summed E-state index contributed by atoms with van der Waals surface area (Å²) in [5, 5.41) is 1.56. The van der Waals surface area contributed by atoms with Crippen LogP contribution in [0.1, 0.15) is 18.4 Å². The van der Waals surface area contributed by atoms with E-state index < -0.39 is 0 Å². The molecule has 0 aliphatic heterocycles. The number of nitrogens with two attached hydrogens (primary N) is 1. The number of hydrazine groups is 1. The smallest absolute Gasteiger partial charge is 0.243 e. The van der Waals surface area contributed by atoms with E-state index in [-0.39, 0.29) is 11.8 Å². The lowest BCUT2D eigenvalue weighted by molar-refractivity contribution is -0.131. The minimum absolute atomic E-state index is 0.188. The lowest BCUT2D eigenvalue weighted by Crippen LogP contribution is -2.36. The van der Waals surface area contributed by atoms with E-state index in [0.29, 0.717) is 10.8 Å². The third kappa shape index (κ3) is 2.65. The van der Waals surface area contributed by atoms with Gasteiger partial charge in [0.1, 0.15) is 5.75 Å². The monoisotopic (exact) mass is 242 g/mol. The summed E-state index contributed by atoms with van der Waals surface area (Å²) < 4.78 is 5.03. The Hall–Kier alpha value is -1.26. The molecule has 16 heavy (non-hydrogen) atoms. The fourth-order valence-electron chi connectivity index (χ4n) is 1.42. The number of carbonyl (C=O) groups is 1. The Morgan fingerprint density at radius 2 is 2.19 bits per heavy atom. The summed E-state index contributed by atoms with van der Waals surface area (Å²) in [6, 6.07) is 5.21. The standard InChI is InChI=1S/C11H15ClN2O2/c1-7(11(15)14(2)13)9-5-4-8(16-3)6-10(9)12/h4-7H,13H2,1-3H3. The van der Waals surface area contributed by atoms with Crippen LogP contribution in [0, 0.1) is 0 Å². The van der Waals surface area contributed by atoms with Crippen molar-refractivity contribution in [2.45, 2.75) is 12.8 Å². The zero-order valence-corrected chi connectivity index (χ0v) is 10.3. The molecule has 1 aromatic rings. The van der Waals surface area contributed by atoms with E-state index in [9.17, 15) is 4.79 Å². The zero-order valence-electron chi connectivity index (χ0n) is 9.53. The first-order valence-electron chi connectivity index (χ1n) is 4.83. The molecule has 0 saturated heterocycles. The lowest BCUT2D eigenvalue weighted by Gasteiger charge is -2.17. The molecule has 0 radical (unpaired) electrons. The first kappa shape index (κ1) is 12.8. The van der Waals surface area contributed by atoms with Gasteiger partial charge in [-0.3, -0.25) is 9.80 Å². The number of carbonyl (C=O) groups excluding carboxylic acids is 1. The van der Waals surface area contributed by atoms with Crippen LogP contribution < -0.4 is 10.6 Å². The van der Waals surface area contributed by atoms with Crippen LogP contribution in [0.5, 0.6) is 5.75 Å². The summed E-state index contributed by atoms with van der Waals surface area (Å²) in [4.78, 5) is 11.7. The molecule has 0 bridgehead atoms. The number of hydrogen-bond donors (Lipinski definition) is 1.